The van der Waals surface area contributed by atoms with Crippen LogP contribution in [0.4, 0.5) is 5.69 Å². The molecule has 0 unspecified atom stereocenters. The first-order chi connectivity index (χ1) is 9.65. The minimum absolute atomic E-state index is 0.0129. The molecule has 3 rings (SSSR count). The third-order valence-electron chi connectivity index (χ3n) is 2.93. The SMILES string of the molecule is O=[N+]([O-])c1ccc(Cl)c(-c2ccc3cnccc3n2)c1. The number of benzene rings is 1. The first kappa shape index (κ1) is 12.5. The fourth-order valence-electron chi connectivity index (χ4n) is 1.94. The summed E-state index contributed by atoms with van der Waals surface area (Å²) >= 11 is 6.11. The number of halogens is 1. The molecule has 0 saturated carbocycles. The lowest BCUT2D eigenvalue weighted by Gasteiger charge is -2.05. The van der Waals surface area contributed by atoms with Crippen molar-refractivity contribution < 1.29 is 4.92 Å². The van der Waals surface area contributed by atoms with E-state index >= 15 is 0 Å². The highest BCUT2D eigenvalue weighted by atomic mass is 35.5. The molecule has 5 nitrogen and oxygen atoms in total. The van der Waals surface area contributed by atoms with Crippen molar-refractivity contribution in [1.29, 1.82) is 0 Å². The summed E-state index contributed by atoms with van der Waals surface area (Å²) in [5.41, 5.74) is 1.89. The van der Waals surface area contributed by atoms with Gasteiger partial charge in [0.2, 0.25) is 0 Å². The molecule has 20 heavy (non-hydrogen) atoms. The maximum atomic E-state index is 10.8. The Bertz CT molecular complexity index is 820. The predicted octanol–water partition coefficient (Wildman–Crippen LogP) is 3.86. The molecule has 0 N–H and O–H groups in total. The number of hydrogen-bond donors (Lipinski definition) is 0. The maximum Gasteiger partial charge on any atom is 0.270 e. The Labute approximate surface area is 119 Å². The van der Waals surface area contributed by atoms with E-state index in [4.69, 9.17) is 11.6 Å². The topological polar surface area (TPSA) is 68.9 Å². The number of aromatic nitrogens is 2. The van der Waals surface area contributed by atoms with Crippen LogP contribution < -0.4 is 0 Å². The van der Waals surface area contributed by atoms with Crippen LogP contribution in [-0.2, 0) is 0 Å². The van der Waals surface area contributed by atoms with Gasteiger partial charge in [-0.2, -0.15) is 0 Å². The van der Waals surface area contributed by atoms with Gasteiger partial charge in [0.25, 0.3) is 5.69 Å². The summed E-state index contributed by atoms with van der Waals surface area (Å²) < 4.78 is 0. The highest BCUT2D eigenvalue weighted by Crippen LogP contribution is 2.31. The highest BCUT2D eigenvalue weighted by Gasteiger charge is 2.12. The number of pyridine rings is 2. The zero-order valence-electron chi connectivity index (χ0n) is 10.2. The first-order valence-electron chi connectivity index (χ1n) is 5.80. The number of fused-ring (bicyclic) bond motifs is 1. The van der Waals surface area contributed by atoms with E-state index < -0.39 is 4.92 Å². The number of rotatable bonds is 2. The molecule has 1 aromatic carbocycles. The molecule has 0 aliphatic heterocycles. The van der Waals surface area contributed by atoms with Crippen LogP contribution in [0, 0.1) is 10.1 Å². The maximum absolute atomic E-state index is 10.8. The Morgan fingerprint density at radius 2 is 2.00 bits per heavy atom. The molecule has 0 radical (unpaired) electrons. The van der Waals surface area contributed by atoms with Crippen molar-refractivity contribution in [2.75, 3.05) is 0 Å². The van der Waals surface area contributed by atoms with Gasteiger partial charge in [-0.05, 0) is 24.3 Å². The Morgan fingerprint density at radius 3 is 2.80 bits per heavy atom. The molecular weight excluding hydrogens is 278 g/mol. The summed E-state index contributed by atoms with van der Waals surface area (Å²) in [6.45, 7) is 0. The standard InChI is InChI=1S/C14H8ClN3O2/c15-12-3-2-10(18(19)20)7-11(12)14-4-1-9-8-16-6-5-13(9)17-14/h1-8H. The molecule has 3 aromatic rings. The van der Waals surface area contributed by atoms with Crippen LogP contribution in [0.3, 0.4) is 0 Å². The van der Waals surface area contributed by atoms with Crippen molar-refractivity contribution >= 4 is 28.2 Å². The van der Waals surface area contributed by atoms with Gasteiger partial charge in [-0.15, -0.1) is 0 Å². The predicted molar refractivity (Wildman–Crippen MR) is 76.6 cm³/mol. The van der Waals surface area contributed by atoms with E-state index in [1.807, 2.05) is 6.07 Å². The van der Waals surface area contributed by atoms with E-state index in [0.29, 0.717) is 16.3 Å². The van der Waals surface area contributed by atoms with E-state index in [0.717, 1.165) is 10.9 Å². The quantitative estimate of drug-likeness (QED) is 0.529. The zero-order valence-corrected chi connectivity index (χ0v) is 10.9. The van der Waals surface area contributed by atoms with Gasteiger partial charge in [0.1, 0.15) is 0 Å². The molecule has 0 spiro atoms. The van der Waals surface area contributed by atoms with Gasteiger partial charge in [-0.25, -0.2) is 4.98 Å². The Morgan fingerprint density at radius 1 is 1.15 bits per heavy atom. The molecule has 6 heteroatoms. The molecular formula is C14H8ClN3O2. The second-order valence-corrected chi connectivity index (χ2v) is 4.59. The Kier molecular flexibility index (Phi) is 3.04. The van der Waals surface area contributed by atoms with Gasteiger partial charge in [0.15, 0.2) is 0 Å². The normalized spacial score (nSPS) is 10.7. The smallest absolute Gasteiger partial charge is 0.264 e. The molecule has 2 aromatic heterocycles. The molecule has 0 amide bonds. The van der Waals surface area contributed by atoms with Gasteiger partial charge < -0.3 is 0 Å². The summed E-state index contributed by atoms with van der Waals surface area (Å²) in [5, 5.41) is 12.2. The molecule has 2 heterocycles. The van der Waals surface area contributed by atoms with Gasteiger partial charge in [0, 0.05) is 35.5 Å². The fraction of sp³-hybridized carbons (Fsp3) is 0. The van der Waals surface area contributed by atoms with Crippen LogP contribution in [0.25, 0.3) is 22.2 Å². The highest BCUT2D eigenvalue weighted by molar-refractivity contribution is 6.33. The van der Waals surface area contributed by atoms with E-state index in [1.165, 1.54) is 18.2 Å². The number of nitrogens with zero attached hydrogens (tertiary/aromatic N) is 3. The zero-order chi connectivity index (χ0) is 14.1. The van der Waals surface area contributed by atoms with Gasteiger partial charge in [-0.3, -0.25) is 15.1 Å². The van der Waals surface area contributed by atoms with Crippen LogP contribution in [0.1, 0.15) is 0 Å². The second-order valence-electron chi connectivity index (χ2n) is 4.19. The molecule has 0 saturated heterocycles. The lowest BCUT2D eigenvalue weighted by molar-refractivity contribution is -0.384. The van der Waals surface area contributed by atoms with Crippen LogP contribution in [-0.4, -0.2) is 14.9 Å². The van der Waals surface area contributed by atoms with E-state index in [2.05, 4.69) is 9.97 Å². The molecule has 0 fully saturated rings. The fourth-order valence-corrected chi connectivity index (χ4v) is 2.15. The van der Waals surface area contributed by atoms with Crippen molar-refractivity contribution in [3.05, 3.63) is 63.9 Å². The Balaban J connectivity index is 2.19. The summed E-state index contributed by atoms with van der Waals surface area (Å²) in [6, 6.07) is 9.72. The molecule has 98 valence electrons. The third kappa shape index (κ3) is 2.19. The van der Waals surface area contributed by atoms with Crippen LogP contribution in [0.5, 0.6) is 0 Å². The average molecular weight is 286 g/mol. The monoisotopic (exact) mass is 285 g/mol. The van der Waals surface area contributed by atoms with Crippen molar-refractivity contribution in [3.8, 4) is 11.3 Å². The van der Waals surface area contributed by atoms with Crippen LogP contribution in [0.2, 0.25) is 5.02 Å². The van der Waals surface area contributed by atoms with Crippen molar-refractivity contribution in [2.24, 2.45) is 0 Å². The summed E-state index contributed by atoms with van der Waals surface area (Å²) in [4.78, 5) is 18.9. The minimum Gasteiger partial charge on any atom is -0.264 e. The Hall–Kier alpha value is -2.53. The summed E-state index contributed by atoms with van der Waals surface area (Å²) in [7, 11) is 0. The number of nitro benzene ring substituents is 1. The van der Waals surface area contributed by atoms with E-state index in [9.17, 15) is 10.1 Å². The number of non-ortho nitro benzene ring substituents is 1. The van der Waals surface area contributed by atoms with Crippen molar-refractivity contribution in [1.82, 2.24) is 9.97 Å². The van der Waals surface area contributed by atoms with Gasteiger partial charge in [-0.1, -0.05) is 11.6 Å². The number of nitro groups is 1. The van der Waals surface area contributed by atoms with E-state index in [-0.39, 0.29) is 5.69 Å². The molecule has 0 aliphatic rings. The summed E-state index contributed by atoms with van der Waals surface area (Å²) in [5.74, 6) is 0. The van der Waals surface area contributed by atoms with Crippen LogP contribution >= 0.6 is 11.6 Å². The second kappa shape index (κ2) is 4.86. The molecule has 0 aliphatic carbocycles. The van der Waals surface area contributed by atoms with Crippen molar-refractivity contribution in [3.63, 3.8) is 0 Å². The third-order valence-corrected chi connectivity index (χ3v) is 3.26. The van der Waals surface area contributed by atoms with Crippen molar-refractivity contribution in [2.45, 2.75) is 0 Å². The molecule has 0 atom stereocenters. The lowest BCUT2D eigenvalue weighted by Crippen LogP contribution is -1.91. The minimum atomic E-state index is -0.454. The number of hydrogen-bond acceptors (Lipinski definition) is 4. The van der Waals surface area contributed by atoms with Crippen LogP contribution in [0.15, 0.2) is 48.8 Å². The first-order valence-corrected chi connectivity index (χ1v) is 6.18. The summed E-state index contributed by atoms with van der Waals surface area (Å²) in [6.07, 6.45) is 3.36. The average Bonchev–Trinajstić information content (AvgIpc) is 2.47. The molecule has 0 bridgehead atoms. The van der Waals surface area contributed by atoms with E-state index in [1.54, 1.807) is 24.5 Å². The van der Waals surface area contributed by atoms with Gasteiger partial charge in [0.05, 0.1) is 21.2 Å². The largest absolute Gasteiger partial charge is 0.270 e. The van der Waals surface area contributed by atoms with Gasteiger partial charge >= 0.3 is 0 Å². The lowest BCUT2D eigenvalue weighted by atomic mass is 10.1.